The number of nitro benzene ring substituents is 1. The van der Waals surface area contributed by atoms with Crippen LogP contribution in [0.1, 0.15) is 15.9 Å². The summed E-state index contributed by atoms with van der Waals surface area (Å²) in [5.74, 6) is -1.77. The Labute approximate surface area is 177 Å². The zero-order chi connectivity index (χ0) is 20.8. The molecule has 2 rings (SSSR count). The molecule has 0 fully saturated rings. The fraction of sp³-hybridized carbons (Fsp3) is 0. The maximum atomic E-state index is 12.0. The van der Waals surface area contributed by atoms with Crippen molar-refractivity contribution in [1.82, 2.24) is 5.32 Å². The normalized spacial score (nSPS) is 10.5. The minimum absolute atomic E-state index is 0.0132. The summed E-state index contributed by atoms with van der Waals surface area (Å²) >= 11 is 13.9. The van der Waals surface area contributed by atoms with Gasteiger partial charge in [0.2, 0.25) is 5.91 Å². The maximum absolute atomic E-state index is 12.0. The van der Waals surface area contributed by atoms with Gasteiger partial charge in [-0.2, -0.15) is 0 Å². The highest BCUT2D eigenvalue weighted by molar-refractivity contribution is 9.10. The molecule has 0 bridgehead atoms. The molecule has 0 aliphatic heterocycles. The van der Waals surface area contributed by atoms with Crippen LogP contribution in [0, 0.1) is 10.1 Å². The molecule has 11 heteroatoms. The van der Waals surface area contributed by atoms with Gasteiger partial charge in [0, 0.05) is 16.6 Å². The minimum Gasteiger partial charge on any atom is -0.478 e. The topological polar surface area (TPSA) is 122 Å². The van der Waals surface area contributed by atoms with Gasteiger partial charge in [-0.15, -0.1) is 0 Å². The molecule has 28 heavy (non-hydrogen) atoms. The molecule has 0 aliphatic carbocycles. The second-order valence-corrected chi connectivity index (χ2v) is 6.97. The number of halogens is 2. The van der Waals surface area contributed by atoms with Crippen molar-refractivity contribution in [2.75, 3.05) is 5.32 Å². The molecular formula is C17H11BrClN3O5S. The standard InChI is InChI=1S/C17H11BrClN3O5S/c18-10-3-5-13(11(8-10)16(24)25)20-17(28)21-15(23)6-2-9-1-4-12(19)14(7-9)22(26)27/h1-8H,(H,24,25)(H2,20,21,23,28). The Hall–Kier alpha value is -2.82. The Morgan fingerprint density at radius 1 is 1.25 bits per heavy atom. The van der Waals surface area contributed by atoms with E-state index in [9.17, 15) is 24.8 Å². The van der Waals surface area contributed by atoms with E-state index in [0.29, 0.717) is 10.0 Å². The van der Waals surface area contributed by atoms with E-state index in [4.69, 9.17) is 23.8 Å². The molecule has 8 nitrogen and oxygen atoms in total. The van der Waals surface area contributed by atoms with Gasteiger partial charge in [-0.25, -0.2) is 4.79 Å². The number of amides is 1. The molecule has 0 atom stereocenters. The number of nitro groups is 1. The summed E-state index contributed by atoms with van der Waals surface area (Å²) in [6.07, 6.45) is 2.48. The Morgan fingerprint density at radius 3 is 2.61 bits per heavy atom. The van der Waals surface area contributed by atoms with Crippen molar-refractivity contribution in [3.05, 3.63) is 73.2 Å². The zero-order valence-corrected chi connectivity index (χ0v) is 17.0. The van der Waals surface area contributed by atoms with Crippen LogP contribution in [0.15, 0.2) is 46.9 Å². The predicted molar refractivity (Wildman–Crippen MR) is 113 cm³/mol. The van der Waals surface area contributed by atoms with E-state index < -0.39 is 16.8 Å². The number of anilines is 1. The van der Waals surface area contributed by atoms with Gasteiger partial charge >= 0.3 is 5.97 Å². The third-order valence-electron chi connectivity index (χ3n) is 3.29. The highest BCUT2D eigenvalue weighted by atomic mass is 79.9. The number of rotatable bonds is 5. The number of hydrogen-bond donors (Lipinski definition) is 3. The summed E-state index contributed by atoms with van der Waals surface area (Å²) in [5, 5.41) is 25.0. The number of thiocarbonyl (C=S) groups is 1. The second-order valence-electron chi connectivity index (χ2n) is 5.24. The molecule has 0 saturated carbocycles. The summed E-state index contributed by atoms with van der Waals surface area (Å²) in [4.78, 5) is 33.5. The molecule has 0 aromatic heterocycles. The fourth-order valence-electron chi connectivity index (χ4n) is 2.05. The summed E-state index contributed by atoms with van der Waals surface area (Å²) in [7, 11) is 0. The van der Waals surface area contributed by atoms with Crippen molar-refractivity contribution in [3.8, 4) is 0 Å². The first-order chi connectivity index (χ1) is 13.2. The highest BCUT2D eigenvalue weighted by Crippen LogP contribution is 2.25. The number of hydrogen-bond acceptors (Lipinski definition) is 5. The van der Waals surface area contributed by atoms with E-state index in [1.807, 2.05) is 0 Å². The van der Waals surface area contributed by atoms with Gasteiger partial charge < -0.3 is 10.4 Å². The molecule has 0 aliphatic rings. The number of carboxylic acids is 1. The fourth-order valence-corrected chi connectivity index (χ4v) is 2.81. The van der Waals surface area contributed by atoms with Crippen LogP contribution in [0.25, 0.3) is 6.08 Å². The number of carbonyl (C=O) groups is 2. The van der Waals surface area contributed by atoms with E-state index in [2.05, 4.69) is 26.6 Å². The number of aromatic carboxylic acids is 1. The van der Waals surface area contributed by atoms with Gasteiger partial charge in [-0.05, 0) is 48.1 Å². The molecule has 0 heterocycles. The molecule has 144 valence electrons. The van der Waals surface area contributed by atoms with Crippen molar-refractivity contribution in [2.45, 2.75) is 0 Å². The lowest BCUT2D eigenvalue weighted by Crippen LogP contribution is -2.33. The first-order valence-corrected chi connectivity index (χ1v) is 9.02. The van der Waals surface area contributed by atoms with Crippen molar-refractivity contribution < 1.29 is 19.6 Å². The van der Waals surface area contributed by atoms with Crippen molar-refractivity contribution in [1.29, 1.82) is 0 Å². The van der Waals surface area contributed by atoms with Crippen molar-refractivity contribution >= 4 is 74.2 Å². The Kier molecular flexibility index (Phi) is 7.21. The summed E-state index contributed by atoms with van der Waals surface area (Å²) in [6.45, 7) is 0. The van der Waals surface area contributed by atoms with Crippen LogP contribution in [0.2, 0.25) is 5.02 Å². The Balaban J connectivity index is 2.05. The minimum atomic E-state index is -1.16. The van der Waals surface area contributed by atoms with E-state index in [1.54, 1.807) is 6.07 Å². The second kappa shape index (κ2) is 9.40. The Bertz CT molecular complexity index is 1010. The summed E-state index contributed by atoms with van der Waals surface area (Å²) < 4.78 is 0.574. The first-order valence-electron chi connectivity index (χ1n) is 7.44. The number of carboxylic acid groups (broad SMARTS) is 1. The molecule has 3 N–H and O–H groups in total. The van der Waals surface area contributed by atoms with Crippen LogP contribution in [0.5, 0.6) is 0 Å². The van der Waals surface area contributed by atoms with Crippen LogP contribution in [-0.4, -0.2) is 27.0 Å². The van der Waals surface area contributed by atoms with Gasteiger partial charge in [-0.1, -0.05) is 33.6 Å². The van der Waals surface area contributed by atoms with Gasteiger partial charge in [0.1, 0.15) is 5.02 Å². The van der Waals surface area contributed by atoms with E-state index in [0.717, 1.165) is 6.08 Å². The molecule has 0 saturated heterocycles. The van der Waals surface area contributed by atoms with E-state index in [-0.39, 0.29) is 27.1 Å². The molecule has 2 aromatic rings. The quantitative estimate of drug-likeness (QED) is 0.251. The maximum Gasteiger partial charge on any atom is 0.337 e. The third-order valence-corrected chi connectivity index (χ3v) is 4.31. The van der Waals surface area contributed by atoms with Crippen LogP contribution >= 0.6 is 39.7 Å². The number of benzene rings is 2. The molecule has 0 radical (unpaired) electrons. The third kappa shape index (κ3) is 5.84. The van der Waals surface area contributed by atoms with Crippen LogP contribution < -0.4 is 10.6 Å². The van der Waals surface area contributed by atoms with Gasteiger partial charge in [0.15, 0.2) is 5.11 Å². The summed E-state index contributed by atoms with van der Waals surface area (Å²) in [5.41, 5.74) is 0.289. The number of nitrogens with zero attached hydrogens (tertiary/aromatic N) is 1. The SMILES string of the molecule is O=C(C=Cc1ccc(Cl)c([N+](=O)[O-])c1)NC(=S)Nc1ccc(Br)cc1C(=O)O. The molecule has 0 spiro atoms. The molecular weight excluding hydrogens is 474 g/mol. The average molecular weight is 485 g/mol. The number of carbonyl (C=O) groups excluding carboxylic acids is 1. The lowest BCUT2D eigenvalue weighted by atomic mass is 10.2. The summed E-state index contributed by atoms with van der Waals surface area (Å²) in [6, 6.07) is 8.59. The Morgan fingerprint density at radius 2 is 1.96 bits per heavy atom. The van der Waals surface area contributed by atoms with Gasteiger partial charge in [0.25, 0.3) is 5.69 Å². The zero-order valence-electron chi connectivity index (χ0n) is 13.8. The monoisotopic (exact) mass is 483 g/mol. The smallest absolute Gasteiger partial charge is 0.337 e. The van der Waals surface area contributed by atoms with E-state index >= 15 is 0 Å². The predicted octanol–water partition coefficient (Wildman–Crippen LogP) is 4.24. The number of nitrogens with one attached hydrogen (secondary N) is 2. The highest BCUT2D eigenvalue weighted by Gasteiger charge is 2.13. The van der Waals surface area contributed by atoms with Gasteiger partial charge in [0.05, 0.1) is 16.2 Å². The molecule has 0 unspecified atom stereocenters. The van der Waals surface area contributed by atoms with Crippen LogP contribution in [0.3, 0.4) is 0 Å². The lowest BCUT2D eigenvalue weighted by Gasteiger charge is -2.11. The van der Waals surface area contributed by atoms with Crippen LogP contribution in [0.4, 0.5) is 11.4 Å². The van der Waals surface area contributed by atoms with E-state index in [1.165, 1.54) is 36.4 Å². The first kappa shape index (κ1) is 21.5. The average Bonchev–Trinajstić information content (AvgIpc) is 2.62. The van der Waals surface area contributed by atoms with Crippen molar-refractivity contribution in [3.63, 3.8) is 0 Å². The van der Waals surface area contributed by atoms with Gasteiger partial charge in [-0.3, -0.25) is 20.2 Å². The van der Waals surface area contributed by atoms with Crippen LogP contribution in [-0.2, 0) is 4.79 Å². The van der Waals surface area contributed by atoms with Crippen molar-refractivity contribution in [2.24, 2.45) is 0 Å². The lowest BCUT2D eigenvalue weighted by molar-refractivity contribution is -0.384. The molecule has 1 amide bonds. The largest absolute Gasteiger partial charge is 0.478 e. The molecule has 2 aromatic carbocycles.